The number of hydrogen-bond donors (Lipinski definition) is 2. The van der Waals surface area contributed by atoms with E-state index < -0.39 is 45.9 Å². The van der Waals surface area contributed by atoms with E-state index in [2.05, 4.69) is 17.2 Å². The Morgan fingerprint density at radius 2 is 1.77 bits per heavy atom. The highest BCUT2D eigenvalue weighted by Gasteiger charge is 2.29. The number of carbonyl (C=O) groups is 1. The lowest BCUT2D eigenvalue weighted by Gasteiger charge is -2.37. The average Bonchev–Trinajstić information content (AvgIpc) is 3.39. The number of carbonyl (C=O) groups excluding carboxylic acids is 1. The van der Waals surface area contributed by atoms with Crippen LogP contribution >= 0.6 is 0 Å². The van der Waals surface area contributed by atoms with Gasteiger partial charge in [-0.3, -0.25) is 9.78 Å². The summed E-state index contributed by atoms with van der Waals surface area (Å²) in [6.07, 6.45) is 4.46. The van der Waals surface area contributed by atoms with Crippen LogP contribution in [0.5, 0.6) is 0 Å². The zero-order valence-electron chi connectivity index (χ0n) is 22.3. The number of rotatable bonds is 6. The van der Waals surface area contributed by atoms with Crippen molar-refractivity contribution in [1.29, 1.82) is 0 Å². The molecule has 3 atom stereocenters. The van der Waals surface area contributed by atoms with Crippen LogP contribution in [0.3, 0.4) is 0 Å². The van der Waals surface area contributed by atoms with Gasteiger partial charge in [0.05, 0.1) is 40.4 Å². The molecule has 0 unspecified atom stereocenters. The molecule has 2 fully saturated rings. The summed E-state index contributed by atoms with van der Waals surface area (Å²) in [5, 5.41) is 2.63. The number of aromatic nitrogens is 1. The second kappa shape index (κ2) is 11.4. The first kappa shape index (κ1) is 27.9. The van der Waals surface area contributed by atoms with Crippen molar-refractivity contribution in [3.63, 3.8) is 0 Å². The van der Waals surface area contributed by atoms with Gasteiger partial charge in [-0.15, -0.1) is 0 Å². The molecule has 3 aromatic rings. The molecular formula is C29H31F4N5O2. The van der Waals surface area contributed by atoms with Crippen molar-refractivity contribution in [1.82, 2.24) is 4.98 Å². The second-order valence-electron chi connectivity index (χ2n) is 10.5. The largest absolute Gasteiger partial charge is 0.380 e. The predicted octanol–water partition coefficient (Wildman–Crippen LogP) is 4.96. The van der Waals surface area contributed by atoms with Crippen molar-refractivity contribution in [3.8, 4) is 11.1 Å². The summed E-state index contributed by atoms with van der Waals surface area (Å²) in [7, 11) is 1.56. The highest BCUT2D eigenvalue weighted by molar-refractivity contribution is 6.06. The van der Waals surface area contributed by atoms with Crippen LogP contribution in [0.25, 0.3) is 11.1 Å². The third-order valence-corrected chi connectivity index (χ3v) is 7.54. The van der Waals surface area contributed by atoms with Gasteiger partial charge in [-0.25, -0.2) is 17.6 Å². The van der Waals surface area contributed by atoms with Crippen LogP contribution in [0.4, 0.5) is 34.6 Å². The molecule has 5 rings (SSSR count). The number of pyridine rings is 1. The quantitative estimate of drug-likeness (QED) is 0.417. The first-order valence-corrected chi connectivity index (χ1v) is 13.2. The Morgan fingerprint density at radius 1 is 1.02 bits per heavy atom. The summed E-state index contributed by atoms with van der Waals surface area (Å²) in [6, 6.07) is 5.49. The summed E-state index contributed by atoms with van der Waals surface area (Å²) in [5.74, 6) is -5.45. The van der Waals surface area contributed by atoms with Gasteiger partial charge in [-0.05, 0) is 49.1 Å². The normalized spacial score (nSPS) is 21.1. The molecule has 3 heterocycles. The van der Waals surface area contributed by atoms with Crippen LogP contribution < -0.4 is 20.9 Å². The Labute approximate surface area is 229 Å². The number of nitrogens with zero attached hydrogens (tertiary/aromatic N) is 3. The average molecular weight is 558 g/mol. The van der Waals surface area contributed by atoms with Gasteiger partial charge in [0.25, 0.3) is 5.91 Å². The van der Waals surface area contributed by atoms with Gasteiger partial charge in [0.1, 0.15) is 23.3 Å². The van der Waals surface area contributed by atoms with Gasteiger partial charge in [0, 0.05) is 51.2 Å². The number of benzene rings is 2. The minimum absolute atomic E-state index is 0.0550. The van der Waals surface area contributed by atoms with Gasteiger partial charge in [-0.1, -0.05) is 6.92 Å². The smallest absolute Gasteiger partial charge is 0.258 e. The lowest BCUT2D eigenvalue weighted by Crippen LogP contribution is -2.46. The molecule has 1 amide bonds. The monoisotopic (exact) mass is 557 g/mol. The molecule has 11 heteroatoms. The molecule has 0 spiro atoms. The molecule has 212 valence electrons. The highest BCUT2D eigenvalue weighted by Crippen LogP contribution is 2.36. The van der Waals surface area contributed by atoms with Crippen molar-refractivity contribution in [3.05, 3.63) is 71.6 Å². The zero-order chi connectivity index (χ0) is 28.6. The Morgan fingerprint density at radius 3 is 2.45 bits per heavy atom. The van der Waals surface area contributed by atoms with Crippen LogP contribution in [0.1, 0.15) is 30.1 Å². The summed E-state index contributed by atoms with van der Waals surface area (Å²) in [6.45, 7) is 4.30. The van der Waals surface area contributed by atoms with E-state index in [1.807, 2.05) is 4.90 Å². The second-order valence-corrected chi connectivity index (χ2v) is 10.5. The van der Waals surface area contributed by atoms with Crippen molar-refractivity contribution in [2.75, 3.05) is 48.4 Å². The standard InChI is InChI=1S/C29H31F4N5O2/c1-16-9-17(34)14-38(13-16)25-5-7-35-12-24(25)36-29(39)20-3-4-21(30)27(28(20)33)26-22(31)10-18(11-23(26)32)37-8-6-19(15-37)40-2/h3-5,7,10-12,16-17,19H,6,8-9,13-15,34H2,1-2H3,(H,36,39)/t16-,17+,19-/m1/s1. The maximum Gasteiger partial charge on any atom is 0.258 e. The van der Waals surface area contributed by atoms with Gasteiger partial charge in [0.15, 0.2) is 0 Å². The van der Waals surface area contributed by atoms with E-state index in [-0.39, 0.29) is 17.8 Å². The number of hydrogen-bond acceptors (Lipinski definition) is 6. The third kappa shape index (κ3) is 5.48. The zero-order valence-corrected chi connectivity index (χ0v) is 22.3. The first-order valence-electron chi connectivity index (χ1n) is 13.2. The number of ether oxygens (including phenoxy) is 1. The van der Waals surface area contributed by atoms with Crippen molar-refractivity contribution < 1.29 is 27.1 Å². The Kier molecular flexibility index (Phi) is 7.95. The van der Waals surface area contributed by atoms with Gasteiger partial charge < -0.3 is 25.6 Å². The van der Waals surface area contributed by atoms with Crippen LogP contribution in [-0.2, 0) is 4.74 Å². The molecule has 0 radical (unpaired) electrons. The molecule has 0 bridgehead atoms. The fraction of sp³-hybridized carbons (Fsp3) is 0.379. The van der Waals surface area contributed by atoms with Crippen LogP contribution in [-0.4, -0.2) is 56.3 Å². The summed E-state index contributed by atoms with van der Waals surface area (Å²) in [4.78, 5) is 21.0. The number of piperidine rings is 1. The van der Waals surface area contributed by atoms with E-state index in [1.165, 1.54) is 6.20 Å². The Hall–Kier alpha value is -3.70. The molecule has 40 heavy (non-hydrogen) atoms. The number of nitrogens with two attached hydrogens (primary N) is 1. The fourth-order valence-corrected chi connectivity index (χ4v) is 5.64. The maximum absolute atomic E-state index is 15.7. The van der Waals surface area contributed by atoms with Crippen molar-refractivity contribution >= 4 is 23.0 Å². The molecule has 2 aliphatic rings. The van der Waals surface area contributed by atoms with Crippen molar-refractivity contribution in [2.45, 2.75) is 31.9 Å². The Bertz CT molecular complexity index is 1390. The summed E-state index contributed by atoms with van der Waals surface area (Å²) in [5.41, 5.74) is 4.98. The third-order valence-electron chi connectivity index (χ3n) is 7.54. The van der Waals surface area contributed by atoms with Crippen LogP contribution in [0.2, 0.25) is 0 Å². The highest BCUT2D eigenvalue weighted by atomic mass is 19.1. The number of methoxy groups -OCH3 is 1. The summed E-state index contributed by atoms with van der Waals surface area (Å²) < 4.78 is 66.3. The molecule has 3 N–H and O–H groups in total. The van der Waals surface area contributed by atoms with Gasteiger partial charge >= 0.3 is 0 Å². The lowest BCUT2D eigenvalue weighted by molar-refractivity contribution is 0.102. The van der Waals surface area contributed by atoms with E-state index in [1.54, 1.807) is 24.3 Å². The minimum atomic E-state index is -1.37. The lowest BCUT2D eigenvalue weighted by atomic mass is 9.96. The number of nitrogens with one attached hydrogen (secondary N) is 1. The fourth-order valence-electron chi connectivity index (χ4n) is 5.64. The topological polar surface area (TPSA) is 83.7 Å². The molecule has 0 aliphatic carbocycles. The molecule has 7 nitrogen and oxygen atoms in total. The summed E-state index contributed by atoms with van der Waals surface area (Å²) >= 11 is 0. The SMILES string of the molecule is CO[C@@H]1CCN(c2cc(F)c(-c3c(F)ccc(C(=O)Nc4cnccc4N4C[C@H](C)C[C@H](N)C4)c3F)c(F)c2)C1. The molecule has 1 aromatic heterocycles. The molecule has 2 aromatic carbocycles. The molecular weight excluding hydrogens is 526 g/mol. The van der Waals surface area contributed by atoms with E-state index in [4.69, 9.17) is 10.5 Å². The minimum Gasteiger partial charge on any atom is -0.380 e. The first-order chi connectivity index (χ1) is 19.2. The van der Waals surface area contributed by atoms with Gasteiger partial charge in [-0.2, -0.15) is 0 Å². The number of halogens is 4. The van der Waals surface area contributed by atoms with E-state index in [9.17, 15) is 9.18 Å². The molecule has 2 saturated heterocycles. The van der Waals surface area contributed by atoms with Gasteiger partial charge in [0.2, 0.25) is 0 Å². The van der Waals surface area contributed by atoms with E-state index >= 15 is 13.2 Å². The Balaban J connectivity index is 1.45. The van der Waals surface area contributed by atoms with E-state index in [0.717, 1.165) is 30.7 Å². The van der Waals surface area contributed by atoms with Crippen LogP contribution in [0.15, 0.2) is 42.7 Å². The van der Waals surface area contributed by atoms with Crippen molar-refractivity contribution in [2.24, 2.45) is 11.7 Å². The van der Waals surface area contributed by atoms with Crippen LogP contribution in [0, 0.1) is 29.2 Å². The predicted molar refractivity (Wildman–Crippen MR) is 145 cm³/mol. The van der Waals surface area contributed by atoms with E-state index in [0.29, 0.717) is 49.9 Å². The maximum atomic E-state index is 15.7. The molecule has 2 aliphatic heterocycles. The molecule has 0 saturated carbocycles. The number of anilines is 3. The number of amides is 1.